The van der Waals surface area contributed by atoms with E-state index in [2.05, 4.69) is 11.4 Å². The zero-order valence-electron chi connectivity index (χ0n) is 21.3. The predicted octanol–water partition coefficient (Wildman–Crippen LogP) is 5.95. The van der Waals surface area contributed by atoms with E-state index in [9.17, 15) is 13.2 Å². The molecular weight excluding hydrogens is 539 g/mol. The quantitative estimate of drug-likeness (QED) is 0.322. The van der Waals surface area contributed by atoms with Crippen LogP contribution in [0.3, 0.4) is 0 Å². The molecule has 2 aromatic carbocycles. The number of sulfonamides is 1. The van der Waals surface area contributed by atoms with Gasteiger partial charge in [-0.25, -0.2) is 13.4 Å². The number of anilines is 1. The van der Waals surface area contributed by atoms with Crippen LogP contribution in [0.1, 0.15) is 47.5 Å². The van der Waals surface area contributed by atoms with Crippen molar-refractivity contribution in [1.29, 1.82) is 0 Å². The van der Waals surface area contributed by atoms with Crippen LogP contribution in [-0.2, 0) is 27.6 Å². The van der Waals surface area contributed by atoms with Gasteiger partial charge in [-0.15, -0.1) is 22.7 Å². The number of nitrogens with zero attached hydrogens (tertiary/aromatic N) is 2. The summed E-state index contributed by atoms with van der Waals surface area (Å²) in [6.45, 7) is 4.37. The summed E-state index contributed by atoms with van der Waals surface area (Å²) >= 11 is 3.28. The van der Waals surface area contributed by atoms with Crippen molar-refractivity contribution in [3.63, 3.8) is 0 Å². The summed E-state index contributed by atoms with van der Waals surface area (Å²) in [6.07, 6.45) is 3.94. The Hall–Kier alpha value is -2.63. The molecule has 1 N–H and O–H groups in total. The summed E-state index contributed by atoms with van der Waals surface area (Å²) in [5.74, 6) is -0.261. The number of amides is 1. The Labute approximate surface area is 230 Å². The highest BCUT2D eigenvalue weighted by Gasteiger charge is 2.32. The number of aryl methyl sites for hydroxylation is 1. The van der Waals surface area contributed by atoms with Gasteiger partial charge in [-0.1, -0.05) is 12.1 Å². The molecule has 1 fully saturated rings. The topological polar surface area (TPSA) is 88.6 Å². The van der Waals surface area contributed by atoms with Crippen molar-refractivity contribution in [1.82, 2.24) is 9.29 Å². The predicted molar refractivity (Wildman–Crippen MR) is 153 cm³/mol. The van der Waals surface area contributed by atoms with Crippen molar-refractivity contribution >= 4 is 53.8 Å². The van der Waals surface area contributed by atoms with Crippen molar-refractivity contribution < 1.29 is 17.9 Å². The van der Waals surface area contributed by atoms with Crippen molar-refractivity contribution in [2.45, 2.75) is 56.6 Å². The number of aromatic nitrogens is 1. The molecular formula is C28H29N3O4S3. The molecule has 2 aliphatic rings. The fourth-order valence-electron chi connectivity index (χ4n) is 5.29. The van der Waals surface area contributed by atoms with Gasteiger partial charge in [-0.2, -0.15) is 4.31 Å². The van der Waals surface area contributed by atoms with Crippen molar-refractivity contribution in [3.05, 3.63) is 64.5 Å². The van der Waals surface area contributed by atoms with E-state index in [1.807, 2.05) is 32.0 Å². The van der Waals surface area contributed by atoms with E-state index in [0.29, 0.717) is 18.7 Å². The second kappa shape index (κ2) is 10.2. The maximum absolute atomic E-state index is 13.3. The van der Waals surface area contributed by atoms with Gasteiger partial charge in [0.15, 0.2) is 0 Å². The first-order valence-corrected chi connectivity index (χ1v) is 15.9. The largest absolute Gasteiger partial charge is 0.373 e. The Balaban J connectivity index is 1.27. The summed E-state index contributed by atoms with van der Waals surface area (Å²) in [4.78, 5) is 19.7. The fourth-order valence-corrected chi connectivity index (χ4v) is 9.27. The molecule has 1 aliphatic heterocycles. The van der Waals surface area contributed by atoms with Crippen LogP contribution >= 0.6 is 22.7 Å². The third-order valence-corrected chi connectivity index (χ3v) is 11.2. The molecule has 7 nitrogen and oxygen atoms in total. The molecule has 2 unspecified atom stereocenters. The highest BCUT2D eigenvalue weighted by molar-refractivity contribution is 7.89. The third kappa shape index (κ3) is 4.80. The first-order valence-electron chi connectivity index (χ1n) is 12.9. The van der Waals surface area contributed by atoms with E-state index in [-0.39, 0.29) is 23.0 Å². The lowest BCUT2D eigenvalue weighted by Gasteiger charge is -2.34. The zero-order chi connectivity index (χ0) is 26.4. The van der Waals surface area contributed by atoms with Gasteiger partial charge in [0, 0.05) is 29.1 Å². The van der Waals surface area contributed by atoms with Gasteiger partial charge in [-0.3, -0.25) is 4.79 Å². The first-order chi connectivity index (χ1) is 18.3. The standard InChI is InChI=1S/C28H29N3O4S3/c1-17-15-31(16-18(2)35-17)38(33,34)20-13-11-19(12-14-20)26(32)30-28-25(21-7-3-5-9-23(21)36-28)27-29-22-8-4-6-10-24(22)37-27/h4,6,8,10-14,17-18H,3,5,7,9,15-16H2,1-2H3,(H,30,32). The normalized spacial score (nSPS) is 20.4. The Morgan fingerprint density at radius 2 is 1.71 bits per heavy atom. The van der Waals surface area contributed by atoms with Crippen LogP contribution in [0.4, 0.5) is 5.00 Å². The van der Waals surface area contributed by atoms with Crippen LogP contribution < -0.4 is 5.32 Å². The molecule has 1 amide bonds. The number of para-hydroxylation sites is 1. The Kier molecular flexibility index (Phi) is 6.86. The second-order valence-electron chi connectivity index (χ2n) is 9.96. The van der Waals surface area contributed by atoms with Crippen molar-refractivity contribution in [3.8, 4) is 10.6 Å². The molecule has 6 rings (SSSR count). The van der Waals surface area contributed by atoms with E-state index < -0.39 is 10.0 Å². The van der Waals surface area contributed by atoms with Gasteiger partial charge in [0.1, 0.15) is 10.0 Å². The number of ether oxygens (including phenoxy) is 1. The fraction of sp³-hybridized carbons (Fsp3) is 0.357. The monoisotopic (exact) mass is 567 g/mol. The maximum Gasteiger partial charge on any atom is 0.256 e. The molecule has 4 aromatic rings. The highest BCUT2D eigenvalue weighted by Crippen LogP contribution is 2.46. The van der Waals surface area contributed by atoms with Gasteiger partial charge in [0.05, 0.1) is 27.3 Å². The smallest absolute Gasteiger partial charge is 0.256 e. The van der Waals surface area contributed by atoms with Crippen LogP contribution in [-0.4, -0.2) is 48.9 Å². The molecule has 10 heteroatoms. The lowest BCUT2D eigenvalue weighted by Crippen LogP contribution is -2.48. The Bertz CT molecular complexity index is 1570. The summed E-state index contributed by atoms with van der Waals surface area (Å²) < 4.78 is 34.7. The van der Waals surface area contributed by atoms with Gasteiger partial charge >= 0.3 is 0 Å². The summed E-state index contributed by atoms with van der Waals surface area (Å²) in [5.41, 5.74) is 3.70. The number of thiophene rings is 1. The molecule has 2 aromatic heterocycles. The van der Waals surface area contributed by atoms with Gasteiger partial charge in [-0.05, 0) is 81.5 Å². The molecule has 1 aliphatic carbocycles. The Morgan fingerprint density at radius 1 is 1.00 bits per heavy atom. The molecule has 3 heterocycles. The number of morpholine rings is 1. The molecule has 0 radical (unpaired) electrons. The molecule has 198 valence electrons. The molecule has 2 atom stereocenters. The van der Waals surface area contributed by atoms with E-state index in [4.69, 9.17) is 9.72 Å². The number of thiazole rings is 1. The van der Waals surface area contributed by atoms with Crippen LogP contribution in [0.2, 0.25) is 0 Å². The summed E-state index contributed by atoms with van der Waals surface area (Å²) in [6, 6.07) is 14.3. The number of fused-ring (bicyclic) bond motifs is 2. The van der Waals surface area contributed by atoms with E-state index in [1.54, 1.807) is 34.8 Å². The second-order valence-corrected chi connectivity index (χ2v) is 14.0. The number of nitrogens with one attached hydrogen (secondary N) is 1. The highest BCUT2D eigenvalue weighted by atomic mass is 32.2. The van der Waals surface area contributed by atoms with Crippen LogP contribution in [0.15, 0.2) is 53.4 Å². The summed E-state index contributed by atoms with van der Waals surface area (Å²) in [5, 5.41) is 4.87. The van der Waals surface area contributed by atoms with Gasteiger partial charge in [0.25, 0.3) is 5.91 Å². The average Bonchev–Trinajstić information content (AvgIpc) is 3.48. The maximum atomic E-state index is 13.3. The van der Waals surface area contributed by atoms with E-state index >= 15 is 0 Å². The van der Waals surface area contributed by atoms with Gasteiger partial charge in [0.2, 0.25) is 10.0 Å². The molecule has 0 spiro atoms. The van der Waals surface area contributed by atoms with Gasteiger partial charge < -0.3 is 10.1 Å². The number of carbonyl (C=O) groups excluding carboxylic acids is 1. The molecule has 38 heavy (non-hydrogen) atoms. The Morgan fingerprint density at radius 3 is 2.45 bits per heavy atom. The number of benzene rings is 2. The lowest BCUT2D eigenvalue weighted by molar-refractivity contribution is -0.0440. The molecule has 0 bridgehead atoms. The van der Waals surface area contributed by atoms with Crippen LogP contribution in [0, 0.1) is 0 Å². The van der Waals surface area contributed by atoms with Crippen LogP contribution in [0.5, 0.6) is 0 Å². The number of carbonyl (C=O) groups is 1. The number of hydrogen-bond acceptors (Lipinski definition) is 7. The van der Waals surface area contributed by atoms with Crippen LogP contribution in [0.25, 0.3) is 20.8 Å². The molecule has 0 saturated carbocycles. The minimum Gasteiger partial charge on any atom is -0.373 e. The number of rotatable bonds is 5. The third-order valence-electron chi connectivity index (χ3n) is 7.05. The number of hydrogen-bond donors (Lipinski definition) is 1. The SMILES string of the molecule is CC1CN(S(=O)(=O)c2ccc(C(=O)Nc3sc4c(c3-c3nc5ccccc5s3)CCCC4)cc2)CC(C)O1. The van der Waals surface area contributed by atoms with E-state index in [0.717, 1.165) is 51.5 Å². The lowest BCUT2D eigenvalue weighted by atomic mass is 9.95. The van der Waals surface area contributed by atoms with Crippen molar-refractivity contribution in [2.24, 2.45) is 0 Å². The minimum absolute atomic E-state index is 0.167. The zero-order valence-corrected chi connectivity index (χ0v) is 23.7. The first kappa shape index (κ1) is 25.6. The van der Waals surface area contributed by atoms with E-state index in [1.165, 1.54) is 26.9 Å². The molecule has 1 saturated heterocycles. The summed E-state index contributed by atoms with van der Waals surface area (Å²) in [7, 11) is -3.67. The minimum atomic E-state index is -3.67. The van der Waals surface area contributed by atoms with Crippen molar-refractivity contribution in [2.75, 3.05) is 18.4 Å². The average molecular weight is 568 g/mol.